The monoisotopic (exact) mass is 233 g/mol. The summed E-state index contributed by atoms with van der Waals surface area (Å²) >= 11 is 0. The summed E-state index contributed by atoms with van der Waals surface area (Å²) in [6, 6.07) is 0. The van der Waals surface area contributed by atoms with Crippen molar-refractivity contribution in [1.82, 2.24) is 0 Å². The molecule has 4 bridgehead atoms. The van der Waals surface area contributed by atoms with Gasteiger partial charge in [0.2, 0.25) is 0 Å². The van der Waals surface area contributed by atoms with Crippen LogP contribution in [0.25, 0.3) is 0 Å². The van der Waals surface area contributed by atoms with E-state index in [1.165, 1.54) is 12.8 Å². The number of hydrogen-bond acceptors (Lipinski definition) is 1. The zero-order chi connectivity index (χ0) is 11.7. The van der Waals surface area contributed by atoms with Crippen molar-refractivity contribution in [3.05, 3.63) is 0 Å². The predicted octanol–water partition coefficient (Wildman–Crippen LogP) is 3.58. The van der Waals surface area contributed by atoms with E-state index in [2.05, 4.69) is 6.92 Å². The minimum Gasteiger partial charge on any atom is -0.330 e. The third-order valence-electron chi connectivity index (χ3n) is 7.03. The maximum Gasteiger partial charge on any atom is -0.00150 e. The average Bonchev–Trinajstić information content (AvgIpc) is 2.22. The fraction of sp³-hybridized carbons (Fsp3) is 1.00. The van der Waals surface area contributed by atoms with Crippen LogP contribution in [-0.2, 0) is 0 Å². The van der Waals surface area contributed by atoms with Gasteiger partial charge in [0.05, 0.1) is 0 Å². The van der Waals surface area contributed by atoms with Crippen molar-refractivity contribution in [2.24, 2.45) is 40.2 Å². The molecule has 5 fully saturated rings. The summed E-state index contributed by atoms with van der Waals surface area (Å²) in [6.45, 7) is 3.40. The van der Waals surface area contributed by atoms with Crippen LogP contribution >= 0.6 is 0 Å². The van der Waals surface area contributed by atoms with Crippen molar-refractivity contribution < 1.29 is 0 Å². The summed E-state index contributed by atoms with van der Waals surface area (Å²) in [4.78, 5) is 0. The first kappa shape index (κ1) is 10.8. The molecule has 0 radical (unpaired) electrons. The van der Waals surface area contributed by atoms with Crippen molar-refractivity contribution in [3.8, 4) is 0 Å². The van der Waals surface area contributed by atoms with E-state index < -0.39 is 0 Å². The first-order valence-corrected chi connectivity index (χ1v) is 7.85. The van der Waals surface area contributed by atoms with Gasteiger partial charge >= 0.3 is 0 Å². The van der Waals surface area contributed by atoms with Crippen LogP contribution in [0, 0.1) is 34.5 Å². The topological polar surface area (TPSA) is 26.0 Å². The molecule has 0 aromatic heterocycles. The minimum atomic E-state index is 0.572. The Kier molecular flexibility index (Phi) is 2.10. The lowest BCUT2D eigenvalue weighted by Gasteiger charge is -2.68. The second-order valence-corrected chi connectivity index (χ2v) is 8.20. The molecule has 0 atom stereocenters. The van der Waals surface area contributed by atoms with Crippen LogP contribution in [0.1, 0.15) is 58.3 Å². The predicted molar refractivity (Wildman–Crippen MR) is 70.5 cm³/mol. The lowest BCUT2D eigenvalue weighted by molar-refractivity contribution is -0.172. The Labute approximate surface area is 106 Å². The number of nitrogens with two attached hydrogens (primary N) is 1. The normalized spacial score (nSPS) is 60.4. The lowest BCUT2D eigenvalue weighted by Crippen LogP contribution is -2.61. The molecule has 5 rings (SSSR count). The van der Waals surface area contributed by atoms with Crippen LogP contribution in [0.5, 0.6) is 0 Å². The van der Waals surface area contributed by atoms with Gasteiger partial charge in [-0.3, -0.25) is 0 Å². The summed E-state index contributed by atoms with van der Waals surface area (Å²) < 4.78 is 0. The van der Waals surface area contributed by atoms with E-state index in [1.807, 2.05) is 0 Å². The third-order valence-corrected chi connectivity index (χ3v) is 7.03. The van der Waals surface area contributed by atoms with Crippen molar-refractivity contribution in [2.75, 3.05) is 6.54 Å². The smallest absolute Gasteiger partial charge is 0.00150 e. The minimum absolute atomic E-state index is 0.572. The SMILES string of the molecule is CC1CC(CN)(C23CC4CC(CC(C4)C2)C3)C1. The van der Waals surface area contributed by atoms with Gasteiger partial charge < -0.3 is 5.73 Å². The molecule has 0 heterocycles. The summed E-state index contributed by atoms with van der Waals surface area (Å²) in [6.07, 6.45) is 12.2. The highest BCUT2D eigenvalue weighted by Gasteiger charge is 2.62. The molecule has 0 amide bonds. The van der Waals surface area contributed by atoms with E-state index in [-0.39, 0.29) is 0 Å². The van der Waals surface area contributed by atoms with E-state index in [1.54, 1.807) is 38.5 Å². The zero-order valence-electron chi connectivity index (χ0n) is 11.3. The maximum atomic E-state index is 6.25. The lowest BCUT2D eigenvalue weighted by atomic mass is 9.37. The van der Waals surface area contributed by atoms with Gasteiger partial charge in [-0.1, -0.05) is 6.92 Å². The number of hydrogen-bond donors (Lipinski definition) is 1. The Hall–Kier alpha value is -0.0400. The largest absolute Gasteiger partial charge is 0.330 e. The molecule has 5 aliphatic rings. The molecule has 0 unspecified atom stereocenters. The third kappa shape index (κ3) is 1.30. The van der Waals surface area contributed by atoms with Gasteiger partial charge in [-0.05, 0) is 92.4 Å². The molecule has 5 saturated carbocycles. The maximum absolute atomic E-state index is 6.25. The van der Waals surface area contributed by atoms with Crippen LogP contribution in [0.4, 0.5) is 0 Å². The van der Waals surface area contributed by atoms with Crippen molar-refractivity contribution in [2.45, 2.75) is 58.3 Å². The van der Waals surface area contributed by atoms with Gasteiger partial charge in [0.1, 0.15) is 0 Å². The van der Waals surface area contributed by atoms with E-state index in [4.69, 9.17) is 5.73 Å². The van der Waals surface area contributed by atoms with Crippen LogP contribution in [0.15, 0.2) is 0 Å². The van der Waals surface area contributed by atoms with Crippen LogP contribution in [-0.4, -0.2) is 6.54 Å². The van der Waals surface area contributed by atoms with E-state index in [0.29, 0.717) is 10.8 Å². The summed E-state index contributed by atoms with van der Waals surface area (Å²) in [5.41, 5.74) is 7.52. The van der Waals surface area contributed by atoms with Crippen molar-refractivity contribution in [3.63, 3.8) is 0 Å². The highest BCUT2D eigenvalue weighted by atomic mass is 14.7. The van der Waals surface area contributed by atoms with Crippen LogP contribution in [0.2, 0.25) is 0 Å². The Morgan fingerprint density at radius 1 is 0.882 bits per heavy atom. The summed E-state index contributed by atoms with van der Waals surface area (Å²) in [5, 5.41) is 0. The van der Waals surface area contributed by atoms with Gasteiger partial charge in [-0.2, -0.15) is 0 Å². The molecule has 2 N–H and O–H groups in total. The molecule has 0 saturated heterocycles. The van der Waals surface area contributed by atoms with Gasteiger partial charge in [0.25, 0.3) is 0 Å². The van der Waals surface area contributed by atoms with E-state index in [0.717, 1.165) is 30.2 Å². The Morgan fingerprint density at radius 2 is 1.35 bits per heavy atom. The fourth-order valence-electron chi connectivity index (χ4n) is 6.85. The Balaban J connectivity index is 1.68. The quantitative estimate of drug-likeness (QED) is 0.775. The highest BCUT2D eigenvalue weighted by molar-refractivity contribution is 5.13. The molecule has 1 heteroatoms. The molecule has 0 aliphatic heterocycles. The van der Waals surface area contributed by atoms with Crippen molar-refractivity contribution >= 4 is 0 Å². The zero-order valence-corrected chi connectivity index (χ0v) is 11.3. The van der Waals surface area contributed by atoms with Gasteiger partial charge in [-0.15, -0.1) is 0 Å². The summed E-state index contributed by atoms with van der Waals surface area (Å²) in [5.74, 6) is 4.20. The Morgan fingerprint density at radius 3 is 1.71 bits per heavy atom. The second-order valence-electron chi connectivity index (χ2n) is 8.20. The van der Waals surface area contributed by atoms with Gasteiger partial charge in [-0.25, -0.2) is 0 Å². The molecule has 0 aromatic carbocycles. The van der Waals surface area contributed by atoms with Crippen LogP contribution in [0.3, 0.4) is 0 Å². The molecule has 0 spiro atoms. The molecule has 17 heavy (non-hydrogen) atoms. The first-order chi connectivity index (χ1) is 8.15. The van der Waals surface area contributed by atoms with E-state index in [9.17, 15) is 0 Å². The van der Waals surface area contributed by atoms with Crippen molar-refractivity contribution in [1.29, 1.82) is 0 Å². The van der Waals surface area contributed by atoms with Gasteiger partial charge in [0.15, 0.2) is 0 Å². The highest BCUT2D eigenvalue weighted by Crippen LogP contribution is 2.71. The fourth-order valence-corrected chi connectivity index (χ4v) is 6.85. The second kappa shape index (κ2) is 3.29. The molecular weight excluding hydrogens is 206 g/mol. The van der Waals surface area contributed by atoms with E-state index >= 15 is 0 Å². The summed E-state index contributed by atoms with van der Waals surface area (Å²) in [7, 11) is 0. The van der Waals surface area contributed by atoms with Crippen LogP contribution < -0.4 is 5.73 Å². The Bertz CT molecular complexity index is 291. The molecule has 0 aromatic rings. The first-order valence-electron chi connectivity index (χ1n) is 7.85. The van der Waals surface area contributed by atoms with Gasteiger partial charge in [0, 0.05) is 0 Å². The molecular formula is C16H27N. The molecule has 5 aliphatic carbocycles. The molecule has 96 valence electrons. The number of rotatable bonds is 2. The standard InChI is InChI=1S/C16H27N/c1-11-5-16(6-11,10-17)15-7-12-2-13(8-15)4-14(3-12)9-15/h11-14H,2-10,17H2,1H3. The molecule has 1 nitrogen and oxygen atoms in total. The average molecular weight is 233 g/mol.